The Balaban J connectivity index is 1.61. The van der Waals surface area contributed by atoms with E-state index in [0.717, 1.165) is 52.1 Å². The lowest BCUT2D eigenvalue weighted by molar-refractivity contribution is 0.0316. The van der Waals surface area contributed by atoms with E-state index < -0.39 is 0 Å². The highest BCUT2D eigenvalue weighted by molar-refractivity contribution is 5.90. The smallest absolute Gasteiger partial charge is 0.322 e. The molecule has 1 aromatic rings. The fourth-order valence-corrected chi connectivity index (χ4v) is 3.67. The van der Waals surface area contributed by atoms with E-state index in [1.54, 1.807) is 19.1 Å². The summed E-state index contributed by atoms with van der Waals surface area (Å²) >= 11 is 0. The number of anilines is 1. The van der Waals surface area contributed by atoms with Gasteiger partial charge in [0.2, 0.25) is 0 Å². The Morgan fingerprint density at radius 2 is 1.93 bits per heavy atom. The molecule has 0 aromatic heterocycles. The maximum atomic E-state index is 13.8. The Labute approximate surface area is 160 Å². The quantitative estimate of drug-likeness (QED) is 0.826. The van der Waals surface area contributed by atoms with E-state index in [9.17, 15) is 9.18 Å². The maximum absolute atomic E-state index is 13.8. The number of ether oxygens (including phenoxy) is 2. The fraction of sp³-hybridized carbons (Fsp3) is 0.650. The van der Waals surface area contributed by atoms with E-state index in [4.69, 9.17) is 9.47 Å². The third-order valence-corrected chi connectivity index (χ3v) is 5.38. The second kappa shape index (κ2) is 10.0. The number of urea groups is 1. The van der Waals surface area contributed by atoms with Crippen LogP contribution in [0.4, 0.5) is 14.9 Å². The minimum atomic E-state index is -0.308. The van der Waals surface area contributed by atoms with Gasteiger partial charge in [-0.05, 0) is 38.3 Å². The van der Waals surface area contributed by atoms with Crippen LogP contribution in [0.25, 0.3) is 0 Å². The van der Waals surface area contributed by atoms with Gasteiger partial charge in [0.15, 0.2) is 0 Å². The molecule has 2 aliphatic rings. The zero-order valence-corrected chi connectivity index (χ0v) is 16.1. The Bertz CT molecular complexity index is 616. The summed E-state index contributed by atoms with van der Waals surface area (Å²) in [6, 6.07) is 4.78. The molecule has 2 amide bonds. The van der Waals surface area contributed by atoms with Gasteiger partial charge >= 0.3 is 6.03 Å². The van der Waals surface area contributed by atoms with Crippen LogP contribution in [-0.4, -0.2) is 74.5 Å². The number of hydrogen-bond donors (Lipinski definition) is 1. The van der Waals surface area contributed by atoms with E-state index in [-0.39, 0.29) is 17.9 Å². The molecule has 6 nitrogen and oxygen atoms in total. The van der Waals surface area contributed by atoms with Crippen LogP contribution in [-0.2, 0) is 9.47 Å². The highest BCUT2D eigenvalue weighted by atomic mass is 19.1. The third kappa shape index (κ3) is 5.64. The molecule has 0 bridgehead atoms. The summed E-state index contributed by atoms with van der Waals surface area (Å²) in [7, 11) is 0. The standard InChI is InChI=1S/C20H30FN3O3/c1-16-18(21)4-2-5-19(16)22-20(25)24(17-6-12-26-13-7-17)9-3-8-23-10-14-27-15-11-23/h2,4-5,17H,3,6-15H2,1H3,(H,22,25). The zero-order chi connectivity index (χ0) is 19.1. The van der Waals surface area contributed by atoms with Gasteiger partial charge in [-0.3, -0.25) is 4.90 Å². The number of hydrogen-bond acceptors (Lipinski definition) is 4. The number of halogens is 1. The molecule has 2 saturated heterocycles. The minimum absolute atomic E-state index is 0.155. The van der Waals surface area contributed by atoms with Crippen LogP contribution in [0.3, 0.4) is 0 Å². The minimum Gasteiger partial charge on any atom is -0.381 e. The molecule has 7 heteroatoms. The first kappa shape index (κ1) is 20.0. The summed E-state index contributed by atoms with van der Waals surface area (Å²) in [5, 5.41) is 2.91. The van der Waals surface area contributed by atoms with Crippen molar-refractivity contribution in [3.8, 4) is 0 Å². The van der Waals surface area contributed by atoms with Crippen molar-refractivity contribution in [1.82, 2.24) is 9.80 Å². The SMILES string of the molecule is Cc1c(F)cccc1NC(=O)N(CCCN1CCOCC1)C1CCOCC1. The first-order chi connectivity index (χ1) is 13.1. The summed E-state index contributed by atoms with van der Waals surface area (Å²) in [6.45, 7) is 8.14. The van der Waals surface area contributed by atoms with Gasteiger partial charge in [-0.15, -0.1) is 0 Å². The molecule has 0 unspecified atom stereocenters. The fourth-order valence-electron chi connectivity index (χ4n) is 3.67. The number of carbonyl (C=O) groups excluding carboxylic acids is 1. The second-order valence-corrected chi connectivity index (χ2v) is 7.19. The van der Waals surface area contributed by atoms with Crippen molar-refractivity contribution in [2.75, 3.05) is 57.9 Å². The van der Waals surface area contributed by atoms with E-state index in [2.05, 4.69) is 10.2 Å². The lowest BCUT2D eigenvalue weighted by Crippen LogP contribution is -2.47. The van der Waals surface area contributed by atoms with E-state index >= 15 is 0 Å². The molecule has 2 fully saturated rings. The summed E-state index contributed by atoms with van der Waals surface area (Å²) in [5.74, 6) is -0.308. The number of nitrogens with zero attached hydrogens (tertiary/aromatic N) is 2. The van der Waals surface area contributed by atoms with Crippen LogP contribution in [0, 0.1) is 12.7 Å². The van der Waals surface area contributed by atoms with Gasteiger partial charge in [0.1, 0.15) is 5.82 Å². The summed E-state index contributed by atoms with van der Waals surface area (Å²) in [5.41, 5.74) is 0.997. The van der Waals surface area contributed by atoms with Gasteiger partial charge in [-0.2, -0.15) is 0 Å². The number of amides is 2. The number of nitrogens with one attached hydrogen (secondary N) is 1. The molecule has 0 spiro atoms. The van der Waals surface area contributed by atoms with Crippen molar-refractivity contribution < 1.29 is 18.7 Å². The first-order valence-corrected chi connectivity index (χ1v) is 9.86. The zero-order valence-electron chi connectivity index (χ0n) is 16.1. The Morgan fingerprint density at radius 3 is 2.67 bits per heavy atom. The van der Waals surface area contributed by atoms with Gasteiger partial charge in [0.25, 0.3) is 0 Å². The lowest BCUT2D eigenvalue weighted by Gasteiger charge is -2.35. The van der Waals surface area contributed by atoms with Crippen molar-refractivity contribution in [2.24, 2.45) is 0 Å². The third-order valence-electron chi connectivity index (χ3n) is 5.38. The topological polar surface area (TPSA) is 54.0 Å². The average molecular weight is 379 g/mol. The molecule has 150 valence electrons. The number of carbonyl (C=O) groups is 1. The van der Waals surface area contributed by atoms with Crippen LogP contribution in [0.5, 0.6) is 0 Å². The lowest BCUT2D eigenvalue weighted by atomic mass is 10.1. The second-order valence-electron chi connectivity index (χ2n) is 7.19. The number of rotatable bonds is 6. The van der Waals surface area contributed by atoms with E-state index in [0.29, 0.717) is 31.0 Å². The van der Waals surface area contributed by atoms with Gasteiger partial charge in [0.05, 0.1) is 13.2 Å². The normalized spacial score (nSPS) is 19.0. The molecule has 0 aliphatic carbocycles. The monoisotopic (exact) mass is 379 g/mol. The van der Waals surface area contributed by atoms with Crippen LogP contribution < -0.4 is 5.32 Å². The van der Waals surface area contributed by atoms with Gasteiger partial charge in [0, 0.05) is 56.7 Å². The van der Waals surface area contributed by atoms with Crippen molar-refractivity contribution in [3.05, 3.63) is 29.6 Å². The molecule has 2 aliphatic heterocycles. The van der Waals surface area contributed by atoms with Gasteiger partial charge in [-0.1, -0.05) is 6.07 Å². The number of benzene rings is 1. The van der Waals surface area contributed by atoms with Crippen LogP contribution in [0.2, 0.25) is 0 Å². The largest absolute Gasteiger partial charge is 0.381 e. The van der Waals surface area contributed by atoms with Crippen LogP contribution in [0.1, 0.15) is 24.8 Å². The van der Waals surface area contributed by atoms with Crippen molar-refractivity contribution in [1.29, 1.82) is 0 Å². The maximum Gasteiger partial charge on any atom is 0.322 e. The predicted molar refractivity (Wildman–Crippen MR) is 103 cm³/mol. The summed E-state index contributed by atoms with van der Waals surface area (Å²) in [4.78, 5) is 17.3. The summed E-state index contributed by atoms with van der Waals surface area (Å²) < 4.78 is 24.6. The van der Waals surface area contributed by atoms with E-state index in [1.807, 2.05) is 4.90 Å². The summed E-state index contributed by atoms with van der Waals surface area (Å²) in [6.07, 6.45) is 2.59. The molecule has 0 saturated carbocycles. The molecule has 1 aromatic carbocycles. The van der Waals surface area contributed by atoms with Crippen LogP contribution >= 0.6 is 0 Å². The van der Waals surface area contributed by atoms with Gasteiger partial charge in [-0.25, -0.2) is 9.18 Å². The number of morpholine rings is 1. The Morgan fingerprint density at radius 1 is 1.22 bits per heavy atom. The molecule has 0 radical (unpaired) electrons. The molecular formula is C20H30FN3O3. The molecule has 2 heterocycles. The average Bonchev–Trinajstić information content (AvgIpc) is 2.70. The molecule has 3 rings (SSSR count). The molecule has 0 atom stereocenters. The van der Waals surface area contributed by atoms with Crippen molar-refractivity contribution >= 4 is 11.7 Å². The predicted octanol–water partition coefficient (Wildman–Crippen LogP) is 2.87. The Hall–Kier alpha value is -1.70. The molecule has 27 heavy (non-hydrogen) atoms. The van der Waals surface area contributed by atoms with Crippen LogP contribution in [0.15, 0.2) is 18.2 Å². The molecule has 1 N–H and O–H groups in total. The Kier molecular flexibility index (Phi) is 7.43. The van der Waals surface area contributed by atoms with Gasteiger partial charge < -0.3 is 19.7 Å². The highest BCUT2D eigenvalue weighted by Crippen LogP contribution is 2.21. The highest BCUT2D eigenvalue weighted by Gasteiger charge is 2.26. The van der Waals surface area contributed by atoms with Crippen molar-refractivity contribution in [3.63, 3.8) is 0 Å². The van der Waals surface area contributed by atoms with Crippen molar-refractivity contribution in [2.45, 2.75) is 32.2 Å². The first-order valence-electron chi connectivity index (χ1n) is 9.86. The van der Waals surface area contributed by atoms with E-state index in [1.165, 1.54) is 6.07 Å². The molecular weight excluding hydrogens is 349 g/mol.